The molecule has 0 aliphatic heterocycles. The van der Waals surface area contributed by atoms with Crippen LogP contribution in [-0.4, -0.2) is 24.1 Å². The van der Waals surface area contributed by atoms with Crippen LogP contribution in [0.15, 0.2) is 30.3 Å². The lowest BCUT2D eigenvalue weighted by Crippen LogP contribution is -2.17. The minimum Gasteiger partial charge on any atom is -0.496 e. The van der Waals surface area contributed by atoms with Crippen LogP contribution in [0.2, 0.25) is 0 Å². The molecular weight excluding hydrogens is 250 g/mol. The maximum Gasteiger partial charge on any atom is 0.136 e. The maximum absolute atomic E-state index is 5.42. The van der Waals surface area contributed by atoms with Crippen LogP contribution in [0.4, 0.5) is 5.82 Å². The van der Waals surface area contributed by atoms with Crippen molar-refractivity contribution in [2.24, 2.45) is 0 Å². The fourth-order valence-corrected chi connectivity index (χ4v) is 1.90. The zero-order chi connectivity index (χ0) is 14.8. The Kier molecular flexibility index (Phi) is 3.93. The summed E-state index contributed by atoms with van der Waals surface area (Å²) in [6.07, 6.45) is 0. The van der Waals surface area contributed by atoms with Gasteiger partial charge in [0.05, 0.1) is 12.8 Å². The number of nitrogens with one attached hydrogen (secondary N) is 1. The lowest BCUT2D eigenvalue weighted by Gasteiger charge is -2.19. The summed E-state index contributed by atoms with van der Waals surface area (Å²) in [7, 11) is 3.53. The zero-order valence-electron chi connectivity index (χ0n) is 12.7. The van der Waals surface area contributed by atoms with Crippen LogP contribution in [0, 0.1) is 0 Å². The molecule has 2 aromatic rings. The van der Waals surface area contributed by atoms with E-state index in [0.29, 0.717) is 0 Å². The molecule has 4 heteroatoms. The van der Waals surface area contributed by atoms with E-state index in [1.807, 2.05) is 37.4 Å². The molecule has 106 valence electrons. The van der Waals surface area contributed by atoms with Gasteiger partial charge in [-0.3, -0.25) is 0 Å². The second-order valence-corrected chi connectivity index (χ2v) is 5.66. The number of para-hydroxylation sites is 1. The standard InChI is InChI=1S/C16H21N3O/c1-16(2,3)15-18-12(10-14(17-4)19-15)11-8-6-7-9-13(11)20-5/h6-10H,1-5H3,(H,17,18,19). The first-order chi connectivity index (χ1) is 9.45. The summed E-state index contributed by atoms with van der Waals surface area (Å²) >= 11 is 0. The van der Waals surface area contributed by atoms with Crippen LogP contribution in [0.1, 0.15) is 26.6 Å². The van der Waals surface area contributed by atoms with Gasteiger partial charge in [0.1, 0.15) is 17.4 Å². The number of hydrogen-bond donors (Lipinski definition) is 1. The van der Waals surface area contributed by atoms with E-state index in [1.165, 1.54) is 0 Å². The van der Waals surface area contributed by atoms with E-state index < -0.39 is 0 Å². The van der Waals surface area contributed by atoms with Crippen molar-refractivity contribution in [2.75, 3.05) is 19.5 Å². The largest absolute Gasteiger partial charge is 0.496 e. The summed E-state index contributed by atoms with van der Waals surface area (Å²) in [4.78, 5) is 9.24. The van der Waals surface area contributed by atoms with E-state index in [0.717, 1.165) is 28.6 Å². The van der Waals surface area contributed by atoms with Gasteiger partial charge in [-0.15, -0.1) is 0 Å². The highest BCUT2D eigenvalue weighted by Crippen LogP contribution is 2.31. The van der Waals surface area contributed by atoms with Crippen molar-refractivity contribution >= 4 is 5.82 Å². The van der Waals surface area contributed by atoms with E-state index in [1.54, 1.807) is 7.11 Å². The van der Waals surface area contributed by atoms with Gasteiger partial charge in [-0.1, -0.05) is 32.9 Å². The zero-order valence-corrected chi connectivity index (χ0v) is 12.7. The molecule has 0 saturated carbocycles. The summed E-state index contributed by atoms with van der Waals surface area (Å²) < 4.78 is 5.42. The molecule has 0 aliphatic rings. The van der Waals surface area contributed by atoms with E-state index in [9.17, 15) is 0 Å². The molecule has 0 aliphatic carbocycles. The van der Waals surface area contributed by atoms with Crippen LogP contribution in [-0.2, 0) is 5.41 Å². The number of anilines is 1. The van der Waals surface area contributed by atoms with Crippen LogP contribution in [0.5, 0.6) is 5.75 Å². The smallest absolute Gasteiger partial charge is 0.136 e. The average Bonchev–Trinajstić information content (AvgIpc) is 2.45. The highest BCUT2D eigenvalue weighted by Gasteiger charge is 2.20. The highest BCUT2D eigenvalue weighted by atomic mass is 16.5. The van der Waals surface area contributed by atoms with Crippen molar-refractivity contribution in [3.05, 3.63) is 36.2 Å². The third kappa shape index (κ3) is 2.90. The summed E-state index contributed by atoms with van der Waals surface area (Å²) in [6, 6.07) is 9.82. The quantitative estimate of drug-likeness (QED) is 0.928. The molecular formula is C16H21N3O. The molecule has 0 unspecified atom stereocenters. The number of methoxy groups -OCH3 is 1. The lowest BCUT2D eigenvalue weighted by atomic mass is 9.95. The summed E-state index contributed by atoms with van der Waals surface area (Å²) in [5, 5.41) is 3.10. The van der Waals surface area contributed by atoms with E-state index in [-0.39, 0.29) is 5.41 Å². The topological polar surface area (TPSA) is 47.0 Å². The predicted octanol–water partition coefficient (Wildman–Crippen LogP) is 3.49. The number of rotatable bonds is 3. The van der Waals surface area contributed by atoms with E-state index >= 15 is 0 Å². The van der Waals surface area contributed by atoms with Gasteiger partial charge < -0.3 is 10.1 Å². The van der Waals surface area contributed by atoms with Crippen molar-refractivity contribution in [3.8, 4) is 17.0 Å². The molecule has 0 saturated heterocycles. The molecule has 0 spiro atoms. The monoisotopic (exact) mass is 271 g/mol. The summed E-state index contributed by atoms with van der Waals surface area (Å²) in [5.41, 5.74) is 1.73. The van der Waals surface area contributed by atoms with Gasteiger partial charge in [0.25, 0.3) is 0 Å². The highest BCUT2D eigenvalue weighted by molar-refractivity contribution is 5.69. The first-order valence-electron chi connectivity index (χ1n) is 6.66. The molecule has 2 rings (SSSR count). The number of aromatic nitrogens is 2. The van der Waals surface area contributed by atoms with Gasteiger partial charge in [0.15, 0.2) is 0 Å². The molecule has 0 bridgehead atoms. The van der Waals surface area contributed by atoms with E-state index in [4.69, 9.17) is 9.72 Å². The molecule has 1 aromatic heterocycles. The fourth-order valence-electron chi connectivity index (χ4n) is 1.90. The molecule has 0 atom stereocenters. The SMILES string of the molecule is CNc1cc(-c2ccccc2OC)nc(C(C)(C)C)n1. The van der Waals surface area contributed by atoms with E-state index in [2.05, 4.69) is 31.1 Å². The molecule has 20 heavy (non-hydrogen) atoms. The average molecular weight is 271 g/mol. The Labute approximate surface area is 120 Å². The first kappa shape index (κ1) is 14.3. The van der Waals surface area contributed by atoms with Crippen molar-refractivity contribution in [3.63, 3.8) is 0 Å². The lowest BCUT2D eigenvalue weighted by molar-refractivity contribution is 0.416. The minimum absolute atomic E-state index is 0.108. The second kappa shape index (κ2) is 5.49. The summed E-state index contributed by atoms with van der Waals surface area (Å²) in [6.45, 7) is 6.31. The molecule has 0 radical (unpaired) electrons. The molecule has 4 nitrogen and oxygen atoms in total. The third-order valence-corrected chi connectivity index (χ3v) is 3.04. The molecule has 0 fully saturated rings. The van der Waals surface area contributed by atoms with Gasteiger partial charge in [-0.05, 0) is 12.1 Å². The normalized spacial score (nSPS) is 11.2. The van der Waals surface area contributed by atoms with Gasteiger partial charge in [-0.2, -0.15) is 0 Å². The fraction of sp³-hybridized carbons (Fsp3) is 0.375. The number of benzene rings is 1. The number of ether oxygens (including phenoxy) is 1. The Morgan fingerprint density at radius 1 is 1.10 bits per heavy atom. The van der Waals surface area contributed by atoms with Crippen molar-refractivity contribution in [2.45, 2.75) is 26.2 Å². The van der Waals surface area contributed by atoms with Crippen molar-refractivity contribution in [1.82, 2.24) is 9.97 Å². The Hall–Kier alpha value is -2.10. The van der Waals surface area contributed by atoms with Crippen LogP contribution in [0.3, 0.4) is 0 Å². The molecule has 1 aromatic carbocycles. The predicted molar refractivity (Wildman–Crippen MR) is 82.3 cm³/mol. The van der Waals surface area contributed by atoms with Crippen LogP contribution >= 0.6 is 0 Å². The van der Waals surface area contributed by atoms with Gasteiger partial charge in [0, 0.05) is 24.1 Å². The molecule has 0 amide bonds. The number of nitrogens with zero attached hydrogens (tertiary/aromatic N) is 2. The third-order valence-electron chi connectivity index (χ3n) is 3.04. The Balaban J connectivity index is 2.62. The van der Waals surface area contributed by atoms with Crippen molar-refractivity contribution < 1.29 is 4.74 Å². The first-order valence-corrected chi connectivity index (χ1v) is 6.66. The Bertz CT molecular complexity index is 603. The molecule has 1 heterocycles. The second-order valence-electron chi connectivity index (χ2n) is 5.66. The molecule has 1 N–H and O–H groups in total. The Morgan fingerprint density at radius 2 is 1.80 bits per heavy atom. The van der Waals surface area contributed by atoms with Gasteiger partial charge >= 0.3 is 0 Å². The maximum atomic E-state index is 5.42. The van der Waals surface area contributed by atoms with Crippen LogP contribution in [0.25, 0.3) is 11.3 Å². The van der Waals surface area contributed by atoms with Crippen molar-refractivity contribution in [1.29, 1.82) is 0 Å². The van der Waals surface area contributed by atoms with Gasteiger partial charge in [0.2, 0.25) is 0 Å². The minimum atomic E-state index is -0.108. The van der Waals surface area contributed by atoms with Gasteiger partial charge in [-0.25, -0.2) is 9.97 Å². The number of hydrogen-bond acceptors (Lipinski definition) is 4. The summed E-state index contributed by atoms with van der Waals surface area (Å²) in [5.74, 6) is 2.43. The van der Waals surface area contributed by atoms with Crippen LogP contribution < -0.4 is 10.1 Å². The Morgan fingerprint density at radius 3 is 2.40 bits per heavy atom.